The molecule has 2 heterocycles. The van der Waals surface area contributed by atoms with E-state index in [0.29, 0.717) is 25.4 Å². The van der Waals surface area contributed by atoms with Crippen molar-refractivity contribution < 1.29 is 23.0 Å². The number of halogens is 2. The number of rotatable bonds is 5. The summed E-state index contributed by atoms with van der Waals surface area (Å²) < 4.78 is 35.0. The third-order valence-electron chi connectivity index (χ3n) is 4.49. The van der Waals surface area contributed by atoms with Crippen molar-refractivity contribution in [2.75, 3.05) is 31.2 Å². The van der Waals surface area contributed by atoms with Crippen LogP contribution in [-0.4, -0.2) is 44.9 Å². The smallest absolute Gasteiger partial charge is 0.387 e. The van der Waals surface area contributed by atoms with Crippen LogP contribution < -0.4 is 15.0 Å². The molecule has 0 saturated carbocycles. The van der Waals surface area contributed by atoms with Crippen LogP contribution in [0.4, 0.5) is 14.5 Å². The fourth-order valence-electron chi connectivity index (χ4n) is 3.28. The number of carbonyl (C=O) groups is 1. The van der Waals surface area contributed by atoms with Gasteiger partial charge < -0.3 is 19.7 Å². The second-order valence-electron chi connectivity index (χ2n) is 6.20. The SMILES string of the molecule is O=C(N[C@H]1CCN(c2ccccc2OC(F)F)C1)[C@H]1CCCOC1. The summed E-state index contributed by atoms with van der Waals surface area (Å²) in [5.74, 6) is 0.112. The first-order valence-electron chi connectivity index (χ1n) is 8.30. The summed E-state index contributed by atoms with van der Waals surface area (Å²) in [6.07, 6.45) is 2.54. The molecule has 0 radical (unpaired) electrons. The highest BCUT2D eigenvalue weighted by molar-refractivity contribution is 5.79. The Balaban J connectivity index is 1.58. The Hall–Kier alpha value is -1.89. The van der Waals surface area contributed by atoms with Crippen molar-refractivity contribution >= 4 is 11.6 Å². The van der Waals surface area contributed by atoms with Gasteiger partial charge in [0.2, 0.25) is 5.91 Å². The summed E-state index contributed by atoms with van der Waals surface area (Å²) in [6.45, 7) is -0.371. The minimum absolute atomic E-state index is 0.0130. The van der Waals surface area contributed by atoms with E-state index < -0.39 is 6.61 Å². The Morgan fingerprint density at radius 2 is 2.17 bits per heavy atom. The number of amides is 1. The summed E-state index contributed by atoms with van der Waals surface area (Å²) in [7, 11) is 0. The predicted octanol–water partition coefficient (Wildman–Crippen LogP) is 2.41. The van der Waals surface area contributed by atoms with Gasteiger partial charge >= 0.3 is 6.61 Å². The monoisotopic (exact) mass is 340 g/mol. The Morgan fingerprint density at radius 1 is 1.33 bits per heavy atom. The normalized spacial score (nSPS) is 24.2. The average Bonchev–Trinajstić information content (AvgIpc) is 3.04. The molecule has 1 aromatic rings. The summed E-state index contributed by atoms with van der Waals surface area (Å²) in [5, 5.41) is 3.06. The molecule has 7 heteroatoms. The molecule has 1 aromatic carbocycles. The number of ether oxygens (including phenoxy) is 2. The summed E-state index contributed by atoms with van der Waals surface area (Å²) in [6, 6.07) is 6.77. The Morgan fingerprint density at radius 3 is 2.92 bits per heavy atom. The third-order valence-corrected chi connectivity index (χ3v) is 4.49. The van der Waals surface area contributed by atoms with Crippen molar-refractivity contribution in [1.82, 2.24) is 5.32 Å². The van der Waals surface area contributed by atoms with Crippen molar-refractivity contribution in [2.45, 2.75) is 31.9 Å². The Labute approximate surface area is 139 Å². The van der Waals surface area contributed by atoms with Gasteiger partial charge in [-0.25, -0.2) is 0 Å². The number of hydrogen-bond acceptors (Lipinski definition) is 4. The topological polar surface area (TPSA) is 50.8 Å². The fraction of sp³-hybridized carbons (Fsp3) is 0.588. The first-order chi connectivity index (χ1) is 11.6. The van der Waals surface area contributed by atoms with Gasteiger partial charge in [-0.3, -0.25) is 4.79 Å². The molecule has 2 aliphatic rings. The molecule has 132 valence electrons. The lowest BCUT2D eigenvalue weighted by molar-refractivity contribution is -0.129. The van der Waals surface area contributed by atoms with Gasteiger partial charge in [-0.15, -0.1) is 0 Å². The van der Waals surface area contributed by atoms with Gasteiger partial charge in [-0.05, 0) is 31.4 Å². The summed E-state index contributed by atoms with van der Waals surface area (Å²) in [5.41, 5.74) is 0.635. The predicted molar refractivity (Wildman–Crippen MR) is 85.4 cm³/mol. The molecule has 0 aliphatic carbocycles. The summed E-state index contributed by atoms with van der Waals surface area (Å²) >= 11 is 0. The van der Waals surface area contributed by atoms with E-state index in [9.17, 15) is 13.6 Å². The molecule has 0 spiro atoms. The third kappa shape index (κ3) is 4.14. The molecule has 2 atom stereocenters. The second kappa shape index (κ2) is 7.79. The van der Waals surface area contributed by atoms with Crippen molar-refractivity contribution in [3.8, 4) is 5.75 Å². The van der Waals surface area contributed by atoms with E-state index in [1.807, 2.05) is 4.90 Å². The number of carbonyl (C=O) groups excluding carboxylic acids is 1. The fourth-order valence-corrected chi connectivity index (χ4v) is 3.28. The van der Waals surface area contributed by atoms with Gasteiger partial charge in [0.25, 0.3) is 0 Å². The number of nitrogens with zero attached hydrogens (tertiary/aromatic N) is 1. The van der Waals surface area contributed by atoms with Gasteiger partial charge in [0.1, 0.15) is 5.75 Å². The molecule has 0 unspecified atom stereocenters. The van der Waals surface area contributed by atoms with Gasteiger partial charge in [-0.1, -0.05) is 12.1 Å². The molecule has 2 fully saturated rings. The van der Waals surface area contributed by atoms with Gasteiger partial charge in [-0.2, -0.15) is 8.78 Å². The molecule has 24 heavy (non-hydrogen) atoms. The lowest BCUT2D eigenvalue weighted by Gasteiger charge is -2.24. The van der Waals surface area contributed by atoms with Gasteiger partial charge in [0, 0.05) is 25.7 Å². The average molecular weight is 340 g/mol. The zero-order chi connectivity index (χ0) is 16.9. The number of para-hydroxylation sites is 2. The number of benzene rings is 1. The highest BCUT2D eigenvalue weighted by Crippen LogP contribution is 2.31. The minimum Gasteiger partial charge on any atom is -0.433 e. The Kier molecular flexibility index (Phi) is 5.50. The Bertz CT molecular complexity index is 565. The molecule has 1 N–H and O–H groups in total. The molecular weight excluding hydrogens is 318 g/mol. The molecule has 0 aromatic heterocycles. The van der Waals surface area contributed by atoms with Crippen LogP contribution in [0.1, 0.15) is 19.3 Å². The maximum atomic E-state index is 12.5. The van der Waals surface area contributed by atoms with Crippen LogP contribution in [0, 0.1) is 5.92 Å². The van der Waals surface area contributed by atoms with Crippen LogP contribution in [0.2, 0.25) is 0 Å². The van der Waals surface area contributed by atoms with Crippen molar-refractivity contribution in [3.63, 3.8) is 0 Å². The highest BCUT2D eigenvalue weighted by atomic mass is 19.3. The standard InChI is InChI=1S/C17H22F2N2O3/c18-17(19)24-15-6-2-1-5-14(15)21-8-7-13(10-21)20-16(22)12-4-3-9-23-11-12/h1-2,5-6,12-13,17H,3-4,7-11H2,(H,20,22)/t12-,13-/m0/s1. The van der Waals surface area contributed by atoms with Crippen molar-refractivity contribution in [3.05, 3.63) is 24.3 Å². The van der Waals surface area contributed by atoms with E-state index in [1.54, 1.807) is 18.2 Å². The van der Waals surface area contributed by atoms with Crippen LogP contribution in [0.15, 0.2) is 24.3 Å². The maximum Gasteiger partial charge on any atom is 0.387 e. The zero-order valence-electron chi connectivity index (χ0n) is 13.4. The van der Waals surface area contributed by atoms with Crippen LogP contribution in [0.3, 0.4) is 0 Å². The van der Waals surface area contributed by atoms with Crippen LogP contribution in [0.5, 0.6) is 5.75 Å². The largest absolute Gasteiger partial charge is 0.433 e. The summed E-state index contributed by atoms with van der Waals surface area (Å²) in [4.78, 5) is 14.2. The van der Waals surface area contributed by atoms with Crippen LogP contribution in [0.25, 0.3) is 0 Å². The first kappa shape index (κ1) is 17.0. The van der Waals surface area contributed by atoms with Gasteiger partial charge in [0.15, 0.2) is 0 Å². The number of hydrogen-bond donors (Lipinski definition) is 1. The quantitative estimate of drug-likeness (QED) is 0.894. The molecule has 1 amide bonds. The molecule has 0 bridgehead atoms. The first-order valence-corrected chi connectivity index (χ1v) is 8.30. The van der Waals surface area contributed by atoms with E-state index in [2.05, 4.69) is 10.1 Å². The molecule has 5 nitrogen and oxygen atoms in total. The minimum atomic E-state index is -2.85. The number of nitrogens with one attached hydrogen (secondary N) is 1. The van der Waals surface area contributed by atoms with Gasteiger partial charge in [0.05, 0.1) is 18.2 Å². The molecule has 2 saturated heterocycles. The lowest BCUT2D eigenvalue weighted by atomic mass is 10.0. The molecule has 2 aliphatic heterocycles. The highest BCUT2D eigenvalue weighted by Gasteiger charge is 2.29. The number of alkyl halides is 2. The zero-order valence-corrected chi connectivity index (χ0v) is 13.4. The van der Waals surface area contributed by atoms with Crippen LogP contribution in [-0.2, 0) is 9.53 Å². The van der Waals surface area contributed by atoms with E-state index in [4.69, 9.17) is 4.74 Å². The van der Waals surface area contributed by atoms with Crippen molar-refractivity contribution in [2.24, 2.45) is 5.92 Å². The second-order valence-corrected chi connectivity index (χ2v) is 6.20. The van der Waals surface area contributed by atoms with E-state index >= 15 is 0 Å². The lowest BCUT2D eigenvalue weighted by Crippen LogP contribution is -2.42. The van der Waals surface area contributed by atoms with E-state index in [1.165, 1.54) is 6.07 Å². The van der Waals surface area contributed by atoms with Crippen LogP contribution >= 0.6 is 0 Å². The van der Waals surface area contributed by atoms with E-state index in [-0.39, 0.29) is 23.6 Å². The van der Waals surface area contributed by atoms with Crippen molar-refractivity contribution in [1.29, 1.82) is 0 Å². The molecule has 3 rings (SSSR count). The molecular formula is C17H22F2N2O3. The number of anilines is 1. The van der Waals surface area contributed by atoms with E-state index in [0.717, 1.165) is 25.9 Å². The maximum absolute atomic E-state index is 12.5.